The Hall–Kier alpha value is -2.56. The summed E-state index contributed by atoms with van der Waals surface area (Å²) in [4.78, 5) is 12.2. The molecule has 0 radical (unpaired) electrons. The lowest BCUT2D eigenvalue weighted by Crippen LogP contribution is -2.33. The third-order valence-corrected chi connectivity index (χ3v) is 4.21. The standard InChI is InChI=1S/C17H15F6N3O2/c18-16(19,20)10-3-1-4-11(7-10)26-14(17(21,22)23)13(9-25-26)15(27)24-8-12-5-2-6-28-12/h1,3-4,7,9,12H,2,5-6,8H2,(H,24,27). The molecule has 152 valence electrons. The Balaban J connectivity index is 1.94. The van der Waals surface area contributed by atoms with E-state index in [-0.39, 0.29) is 17.3 Å². The van der Waals surface area contributed by atoms with Crippen LogP contribution in [0.1, 0.15) is 34.5 Å². The molecule has 1 aliphatic rings. The molecule has 1 aromatic carbocycles. The van der Waals surface area contributed by atoms with E-state index in [1.54, 1.807) is 0 Å². The molecule has 1 atom stereocenters. The lowest BCUT2D eigenvalue weighted by Gasteiger charge is -2.15. The second-order valence-corrected chi connectivity index (χ2v) is 6.21. The normalized spacial score (nSPS) is 17.7. The van der Waals surface area contributed by atoms with E-state index in [2.05, 4.69) is 10.4 Å². The lowest BCUT2D eigenvalue weighted by atomic mass is 10.1. The number of rotatable bonds is 4. The van der Waals surface area contributed by atoms with Gasteiger partial charge in [-0.15, -0.1) is 0 Å². The van der Waals surface area contributed by atoms with Gasteiger partial charge in [-0.2, -0.15) is 31.4 Å². The SMILES string of the molecule is O=C(NCC1CCCO1)c1cnn(-c2cccc(C(F)(F)F)c2)c1C(F)(F)F. The first-order valence-corrected chi connectivity index (χ1v) is 8.30. The molecule has 1 aromatic heterocycles. The highest BCUT2D eigenvalue weighted by Gasteiger charge is 2.41. The Morgan fingerprint density at radius 2 is 1.96 bits per heavy atom. The smallest absolute Gasteiger partial charge is 0.376 e. The summed E-state index contributed by atoms with van der Waals surface area (Å²) in [5, 5.41) is 5.87. The second-order valence-electron chi connectivity index (χ2n) is 6.21. The van der Waals surface area contributed by atoms with E-state index in [9.17, 15) is 31.1 Å². The van der Waals surface area contributed by atoms with Crippen LogP contribution in [0, 0.1) is 0 Å². The number of alkyl halides is 6. The van der Waals surface area contributed by atoms with Gasteiger partial charge in [-0.25, -0.2) is 4.68 Å². The van der Waals surface area contributed by atoms with Crippen LogP contribution in [0.5, 0.6) is 0 Å². The van der Waals surface area contributed by atoms with Crippen molar-refractivity contribution in [1.29, 1.82) is 0 Å². The number of hydrogen-bond acceptors (Lipinski definition) is 3. The molecular weight excluding hydrogens is 392 g/mol. The molecule has 3 rings (SSSR count). The maximum absolute atomic E-state index is 13.6. The molecule has 28 heavy (non-hydrogen) atoms. The molecule has 1 fully saturated rings. The van der Waals surface area contributed by atoms with Gasteiger partial charge in [-0.1, -0.05) is 6.07 Å². The third kappa shape index (κ3) is 4.29. The van der Waals surface area contributed by atoms with Gasteiger partial charge in [0.15, 0.2) is 5.69 Å². The zero-order valence-electron chi connectivity index (χ0n) is 14.3. The zero-order chi connectivity index (χ0) is 20.5. The number of nitrogens with zero attached hydrogens (tertiary/aromatic N) is 2. The molecule has 5 nitrogen and oxygen atoms in total. The van der Waals surface area contributed by atoms with Crippen molar-refractivity contribution in [3.63, 3.8) is 0 Å². The van der Waals surface area contributed by atoms with Crippen molar-refractivity contribution in [3.05, 3.63) is 47.3 Å². The van der Waals surface area contributed by atoms with E-state index in [0.29, 0.717) is 25.3 Å². The molecule has 1 aliphatic heterocycles. The van der Waals surface area contributed by atoms with Gasteiger partial charge in [-0.3, -0.25) is 4.79 Å². The number of benzene rings is 1. The number of amides is 1. The number of aromatic nitrogens is 2. The summed E-state index contributed by atoms with van der Waals surface area (Å²) in [7, 11) is 0. The molecule has 0 saturated carbocycles. The van der Waals surface area contributed by atoms with Crippen LogP contribution in [0.15, 0.2) is 30.5 Å². The Bertz CT molecular complexity index is 853. The summed E-state index contributed by atoms with van der Waals surface area (Å²) in [6.07, 6.45) is -7.87. The summed E-state index contributed by atoms with van der Waals surface area (Å²) in [5.41, 5.74) is -3.81. The minimum atomic E-state index is -5.01. The molecule has 2 aromatic rings. The van der Waals surface area contributed by atoms with Gasteiger partial charge in [0.1, 0.15) is 0 Å². The molecule has 11 heteroatoms. The van der Waals surface area contributed by atoms with Crippen molar-refractivity contribution >= 4 is 5.91 Å². The molecule has 0 bridgehead atoms. The number of nitrogens with one attached hydrogen (secondary N) is 1. The number of halogens is 6. The van der Waals surface area contributed by atoms with Crippen molar-refractivity contribution < 1.29 is 35.9 Å². The topological polar surface area (TPSA) is 56.1 Å². The number of carbonyl (C=O) groups excluding carboxylic acids is 1. The van der Waals surface area contributed by atoms with E-state index >= 15 is 0 Å². The average Bonchev–Trinajstić information content (AvgIpc) is 3.28. The quantitative estimate of drug-likeness (QED) is 0.785. The monoisotopic (exact) mass is 407 g/mol. The van der Waals surface area contributed by atoms with Crippen molar-refractivity contribution in [2.45, 2.75) is 31.3 Å². The predicted molar refractivity (Wildman–Crippen MR) is 84.9 cm³/mol. The molecule has 1 saturated heterocycles. The largest absolute Gasteiger partial charge is 0.434 e. The minimum absolute atomic E-state index is 0.0326. The van der Waals surface area contributed by atoms with E-state index in [1.807, 2.05) is 0 Å². The van der Waals surface area contributed by atoms with Crippen LogP contribution in [-0.2, 0) is 17.1 Å². The first-order valence-electron chi connectivity index (χ1n) is 8.30. The highest BCUT2D eigenvalue weighted by atomic mass is 19.4. The van der Waals surface area contributed by atoms with Crippen LogP contribution in [0.25, 0.3) is 5.69 Å². The molecule has 0 aliphatic carbocycles. The fraction of sp³-hybridized carbons (Fsp3) is 0.412. The van der Waals surface area contributed by atoms with Crippen molar-refractivity contribution in [1.82, 2.24) is 15.1 Å². The molecule has 1 N–H and O–H groups in total. The van der Waals surface area contributed by atoms with Gasteiger partial charge < -0.3 is 10.1 Å². The van der Waals surface area contributed by atoms with Crippen molar-refractivity contribution in [2.75, 3.05) is 13.2 Å². The van der Waals surface area contributed by atoms with Crippen LogP contribution < -0.4 is 5.32 Å². The molecule has 0 spiro atoms. The van der Waals surface area contributed by atoms with E-state index in [1.165, 1.54) is 0 Å². The summed E-state index contributed by atoms with van der Waals surface area (Å²) >= 11 is 0. The van der Waals surface area contributed by atoms with Gasteiger partial charge in [0.25, 0.3) is 5.91 Å². The van der Waals surface area contributed by atoms with E-state index in [0.717, 1.165) is 24.6 Å². The van der Waals surface area contributed by atoms with Crippen molar-refractivity contribution in [3.8, 4) is 5.69 Å². The first-order chi connectivity index (χ1) is 13.1. The molecule has 1 unspecified atom stereocenters. The average molecular weight is 407 g/mol. The summed E-state index contributed by atoms with van der Waals surface area (Å²) < 4.78 is 84.9. The van der Waals surface area contributed by atoms with Crippen LogP contribution in [0.2, 0.25) is 0 Å². The number of hydrogen-bond donors (Lipinski definition) is 1. The zero-order valence-corrected chi connectivity index (χ0v) is 14.3. The van der Waals surface area contributed by atoms with Crippen LogP contribution in [0.3, 0.4) is 0 Å². The maximum atomic E-state index is 13.6. The predicted octanol–water partition coefficient (Wildman–Crippen LogP) is 3.82. The van der Waals surface area contributed by atoms with Gasteiger partial charge >= 0.3 is 12.4 Å². The van der Waals surface area contributed by atoms with Crippen molar-refractivity contribution in [2.24, 2.45) is 0 Å². The van der Waals surface area contributed by atoms with Crippen LogP contribution in [0.4, 0.5) is 26.3 Å². The fourth-order valence-electron chi connectivity index (χ4n) is 2.90. The Morgan fingerprint density at radius 1 is 1.21 bits per heavy atom. The number of ether oxygens (including phenoxy) is 1. The second kappa shape index (κ2) is 7.46. The number of carbonyl (C=O) groups is 1. The summed E-state index contributed by atoms with van der Waals surface area (Å²) in [5.74, 6) is -1.03. The maximum Gasteiger partial charge on any atom is 0.434 e. The summed E-state index contributed by atoms with van der Waals surface area (Å²) in [6, 6.07) is 3.29. The highest BCUT2D eigenvalue weighted by Crippen LogP contribution is 2.35. The van der Waals surface area contributed by atoms with Gasteiger partial charge in [0, 0.05) is 13.2 Å². The van der Waals surface area contributed by atoms with Crippen LogP contribution >= 0.6 is 0 Å². The fourth-order valence-corrected chi connectivity index (χ4v) is 2.90. The highest BCUT2D eigenvalue weighted by molar-refractivity contribution is 5.95. The molecule has 2 heterocycles. The molecular formula is C17H15F6N3O2. The summed E-state index contributed by atoms with van der Waals surface area (Å²) in [6.45, 7) is 0.548. The Labute approximate surface area is 155 Å². The van der Waals surface area contributed by atoms with E-state index in [4.69, 9.17) is 4.74 Å². The Morgan fingerprint density at radius 3 is 2.57 bits per heavy atom. The van der Waals surface area contributed by atoms with E-state index < -0.39 is 40.8 Å². The molecule has 1 amide bonds. The minimum Gasteiger partial charge on any atom is -0.376 e. The third-order valence-electron chi connectivity index (χ3n) is 4.21. The van der Waals surface area contributed by atoms with Gasteiger partial charge in [0.05, 0.1) is 29.1 Å². The Kier molecular flexibility index (Phi) is 5.37. The van der Waals surface area contributed by atoms with Gasteiger partial charge in [0.2, 0.25) is 0 Å². The van der Waals surface area contributed by atoms with Crippen LogP contribution in [-0.4, -0.2) is 34.9 Å². The lowest BCUT2D eigenvalue weighted by molar-refractivity contribution is -0.143. The van der Waals surface area contributed by atoms with Gasteiger partial charge in [-0.05, 0) is 31.0 Å². The first kappa shape index (κ1) is 20.2.